The minimum atomic E-state index is -0.901. The Labute approximate surface area is 127 Å². The molecule has 112 valence electrons. The van der Waals surface area contributed by atoms with Gasteiger partial charge in [-0.25, -0.2) is 0 Å². The van der Waals surface area contributed by atoms with E-state index in [9.17, 15) is 4.79 Å². The van der Waals surface area contributed by atoms with Gasteiger partial charge in [-0.15, -0.1) is 10.2 Å². The second-order valence-electron chi connectivity index (χ2n) is 4.95. The van der Waals surface area contributed by atoms with Gasteiger partial charge < -0.3 is 9.52 Å². The number of benzene rings is 1. The molecule has 0 aliphatic rings. The van der Waals surface area contributed by atoms with Gasteiger partial charge in [-0.05, 0) is 30.2 Å². The minimum Gasteiger partial charge on any atom is -0.480 e. The van der Waals surface area contributed by atoms with E-state index in [4.69, 9.17) is 21.1 Å². The molecule has 0 aliphatic heterocycles. The fourth-order valence-corrected chi connectivity index (χ4v) is 1.97. The molecule has 1 aromatic heterocycles. The molecule has 2 rings (SSSR count). The largest absolute Gasteiger partial charge is 0.480 e. The summed E-state index contributed by atoms with van der Waals surface area (Å²) in [5.41, 5.74) is 0.761. The average Bonchev–Trinajstić information content (AvgIpc) is 2.87. The Morgan fingerprint density at radius 1 is 1.33 bits per heavy atom. The summed E-state index contributed by atoms with van der Waals surface area (Å²) in [6, 6.07) is 6.37. The van der Waals surface area contributed by atoms with Crippen molar-refractivity contribution in [1.82, 2.24) is 15.5 Å². The highest BCUT2D eigenvalue weighted by Gasteiger charge is 2.21. The van der Waals surface area contributed by atoms with Crippen molar-refractivity contribution in [3.8, 4) is 11.5 Å². The van der Waals surface area contributed by atoms with Crippen LogP contribution in [0.15, 0.2) is 28.7 Å². The standard InChI is InChI=1S/C14H16ClN3O3/c1-8(2)12(14(19)20)16-7-11-17-18-13(21-11)9-3-5-10(15)6-4-9/h3-6,8,12,16H,7H2,1-2H3,(H,19,20). The predicted molar refractivity (Wildman–Crippen MR) is 77.8 cm³/mol. The van der Waals surface area contributed by atoms with E-state index in [-0.39, 0.29) is 12.5 Å². The van der Waals surface area contributed by atoms with Crippen LogP contribution in [0.2, 0.25) is 5.02 Å². The molecule has 0 fully saturated rings. The van der Waals surface area contributed by atoms with Crippen LogP contribution in [0, 0.1) is 5.92 Å². The van der Waals surface area contributed by atoms with Crippen LogP contribution < -0.4 is 5.32 Å². The lowest BCUT2D eigenvalue weighted by Crippen LogP contribution is -2.40. The van der Waals surface area contributed by atoms with Crippen LogP contribution in [-0.4, -0.2) is 27.3 Å². The molecule has 1 aromatic carbocycles. The normalized spacial score (nSPS) is 12.6. The Bertz CT molecular complexity index is 610. The molecule has 0 spiro atoms. The lowest BCUT2D eigenvalue weighted by molar-refractivity contribution is -0.140. The number of carbonyl (C=O) groups is 1. The molecule has 0 saturated heterocycles. The quantitative estimate of drug-likeness (QED) is 0.852. The number of hydrogen-bond donors (Lipinski definition) is 2. The van der Waals surface area contributed by atoms with Crippen LogP contribution in [-0.2, 0) is 11.3 Å². The summed E-state index contributed by atoms with van der Waals surface area (Å²) < 4.78 is 5.50. The zero-order valence-electron chi connectivity index (χ0n) is 11.7. The summed E-state index contributed by atoms with van der Waals surface area (Å²) in [6.07, 6.45) is 0. The molecule has 0 aliphatic carbocycles. The summed E-state index contributed by atoms with van der Waals surface area (Å²) in [6.45, 7) is 3.87. The summed E-state index contributed by atoms with van der Waals surface area (Å²) >= 11 is 5.82. The maximum Gasteiger partial charge on any atom is 0.320 e. The van der Waals surface area contributed by atoms with Gasteiger partial charge >= 0.3 is 5.97 Å². The van der Waals surface area contributed by atoms with E-state index < -0.39 is 12.0 Å². The third kappa shape index (κ3) is 4.03. The van der Waals surface area contributed by atoms with E-state index in [0.717, 1.165) is 5.56 Å². The topological polar surface area (TPSA) is 88.3 Å². The molecule has 0 radical (unpaired) electrons. The number of aromatic nitrogens is 2. The molecule has 0 bridgehead atoms. The Morgan fingerprint density at radius 2 is 2.00 bits per heavy atom. The Hall–Kier alpha value is -1.92. The fraction of sp³-hybridized carbons (Fsp3) is 0.357. The first-order valence-electron chi connectivity index (χ1n) is 6.52. The van der Waals surface area contributed by atoms with E-state index >= 15 is 0 Å². The first kappa shape index (κ1) is 15.5. The fourth-order valence-electron chi connectivity index (χ4n) is 1.84. The number of carboxylic acids is 1. The smallest absolute Gasteiger partial charge is 0.320 e. The van der Waals surface area contributed by atoms with Crippen LogP contribution in [0.3, 0.4) is 0 Å². The summed E-state index contributed by atoms with van der Waals surface area (Å²) in [4.78, 5) is 11.1. The summed E-state index contributed by atoms with van der Waals surface area (Å²) in [7, 11) is 0. The Kier molecular flexibility index (Phi) is 4.93. The highest BCUT2D eigenvalue weighted by Crippen LogP contribution is 2.20. The van der Waals surface area contributed by atoms with Crippen molar-refractivity contribution in [2.24, 2.45) is 5.92 Å². The van der Waals surface area contributed by atoms with Gasteiger partial charge in [0, 0.05) is 10.6 Å². The number of carboxylic acid groups (broad SMARTS) is 1. The van der Waals surface area contributed by atoms with Gasteiger partial charge in [-0.2, -0.15) is 0 Å². The molecular weight excluding hydrogens is 294 g/mol. The van der Waals surface area contributed by atoms with Gasteiger partial charge in [0.25, 0.3) is 0 Å². The Morgan fingerprint density at radius 3 is 2.57 bits per heavy atom. The van der Waals surface area contributed by atoms with E-state index in [0.29, 0.717) is 16.8 Å². The maximum atomic E-state index is 11.1. The van der Waals surface area contributed by atoms with Crippen molar-refractivity contribution in [3.05, 3.63) is 35.2 Å². The minimum absolute atomic E-state index is 0.0406. The molecule has 2 N–H and O–H groups in total. The van der Waals surface area contributed by atoms with Gasteiger partial charge in [-0.3, -0.25) is 10.1 Å². The van der Waals surface area contributed by atoms with Crippen LogP contribution >= 0.6 is 11.6 Å². The Balaban J connectivity index is 2.03. The summed E-state index contributed by atoms with van der Waals surface area (Å²) in [5.74, 6) is -0.227. The predicted octanol–water partition coefficient (Wildman–Crippen LogP) is 2.59. The van der Waals surface area contributed by atoms with E-state index in [1.54, 1.807) is 24.3 Å². The zero-order chi connectivity index (χ0) is 15.4. The maximum absolute atomic E-state index is 11.1. The van der Waals surface area contributed by atoms with E-state index in [1.807, 2.05) is 13.8 Å². The number of aliphatic carboxylic acids is 1. The summed E-state index contributed by atoms with van der Waals surface area (Å²) in [5, 5.41) is 20.4. The SMILES string of the molecule is CC(C)C(NCc1nnc(-c2ccc(Cl)cc2)o1)C(=O)O. The monoisotopic (exact) mass is 309 g/mol. The van der Waals surface area contributed by atoms with Crippen molar-refractivity contribution in [1.29, 1.82) is 0 Å². The van der Waals surface area contributed by atoms with E-state index in [1.165, 1.54) is 0 Å². The highest BCUT2D eigenvalue weighted by molar-refractivity contribution is 6.30. The molecule has 6 nitrogen and oxygen atoms in total. The second kappa shape index (κ2) is 6.69. The lowest BCUT2D eigenvalue weighted by Gasteiger charge is -2.16. The van der Waals surface area contributed by atoms with Crippen molar-refractivity contribution in [2.75, 3.05) is 0 Å². The number of hydrogen-bond acceptors (Lipinski definition) is 5. The molecule has 0 saturated carbocycles. The zero-order valence-corrected chi connectivity index (χ0v) is 12.5. The average molecular weight is 310 g/mol. The van der Waals surface area contributed by atoms with Crippen LogP contribution in [0.5, 0.6) is 0 Å². The number of halogens is 1. The molecule has 1 unspecified atom stereocenters. The molecule has 0 amide bonds. The third-order valence-corrected chi connectivity index (χ3v) is 3.22. The van der Waals surface area contributed by atoms with Crippen molar-refractivity contribution >= 4 is 17.6 Å². The van der Waals surface area contributed by atoms with Crippen LogP contribution in [0.4, 0.5) is 0 Å². The second-order valence-corrected chi connectivity index (χ2v) is 5.39. The first-order chi connectivity index (χ1) is 9.97. The number of nitrogens with one attached hydrogen (secondary N) is 1. The number of rotatable bonds is 6. The molecule has 21 heavy (non-hydrogen) atoms. The van der Waals surface area contributed by atoms with Crippen molar-refractivity contribution < 1.29 is 14.3 Å². The van der Waals surface area contributed by atoms with E-state index in [2.05, 4.69) is 15.5 Å². The van der Waals surface area contributed by atoms with Gasteiger partial charge in [0.05, 0.1) is 6.54 Å². The molecular formula is C14H16ClN3O3. The highest BCUT2D eigenvalue weighted by atomic mass is 35.5. The van der Waals surface area contributed by atoms with Crippen LogP contribution in [0.25, 0.3) is 11.5 Å². The molecule has 2 aromatic rings. The van der Waals surface area contributed by atoms with Crippen LogP contribution in [0.1, 0.15) is 19.7 Å². The number of nitrogens with zero attached hydrogens (tertiary/aromatic N) is 2. The van der Waals surface area contributed by atoms with Gasteiger partial charge in [0.2, 0.25) is 11.8 Å². The van der Waals surface area contributed by atoms with Crippen molar-refractivity contribution in [2.45, 2.75) is 26.4 Å². The lowest BCUT2D eigenvalue weighted by atomic mass is 10.1. The first-order valence-corrected chi connectivity index (χ1v) is 6.89. The van der Waals surface area contributed by atoms with Gasteiger partial charge in [0.15, 0.2) is 0 Å². The van der Waals surface area contributed by atoms with Gasteiger partial charge in [-0.1, -0.05) is 25.4 Å². The molecule has 1 atom stereocenters. The van der Waals surface area contributed by atoms with Gasteiger partial charge in [0.1, 0.15) is 6.04 Å². The van der Waals surface area contributed by atoms with Crippen molar-refractivity contribution in [3.63, 3.8) is 0 Å². The third-order valence-electron chi connectivity index (χ3n) is 2.96. The molecule has 7 heteroatoms. The molecule has 1 heterocycles.